The van der Waals surface area contributed by atoms with Crippen LogP contribution in [-0.4, -0.2) is 5.78 Å². The van der Waals surface area contributed by atoms with Crippen molar-refractivity contribution >= 4 is 21.7 Å². The van der Waals surface area contributed by atoms with Gasteiger partial charge >= 0.3 is 0 Å². The van der Waals surface area contributed by atoms with Gasteiger partial charge in [-0.15, -0.1) is 0 Å². The number of hydrogen-bond acceptors (Lipinski definition) is 1. The molecule has 0 heterocycles. The van der Waals surface area contributed by atoms with Crippen LogP contribution >= 0.6 is 15.9 Å². The van der Waals surface area contributed by atoms with E-state index in [9.17, 15) is 4.79 Å². The lowest BCUT2D eigenvalue weighted by Crippen LogP contribution is -1.80. The summed E-state index contributed by atoms with van der Waals surface area (Å²) in [6, 6.07) is 0. The van der Waals surface area contributed by atoms with Gasteiger partial charge in [-0.3, -0.25) is 4.79 Å². The molecule has 0 amide bonds. The minimum absolute atomic E-state index is 0.267. The Bertz CT molecular complexity index is 138. The Hall–Kier alpha value is -0.550. The van der Waals surface area contributed by atoms with Gasteiger partial charge in [-0.25, -0.2) is 0 Å². The molecule has 0 N–H and O–H groups in total. The molecule has 0 fully saturated rings. The van der Waals surface area contributed by atoms with Crippen molar-refractivity contribution in [3.05, 3.63) is 12.7 Å². The summed E-state index contributed by atoms with van der Waals surface area (Å²) in [7, 11) is 0. The van der Waals surface area contributed by atoms with Gasteiger partial charge in [0, 0.05) is 15.9 Å². The van der Waals surface area contributed by atoms with E-state index in [1.807, 2.05) is 0 Å². The molecule has 0 aromatic rings. The van der Waals surface area contributed by atoms with Crippen LogP contribution in [0.2, 0.25) is 0 Å². The minimum atomic E-state index is -0.267. The number of allylic oxidation sites excluding steroid dienone is 1. The van der Waals surface area contributed by atoms with E-state index in [1.165, 1.54) is 0 Å². The summed E-state index contributed by atoms with van der Waals surface area (Å²) in [5.74, 6) is 1.94. The highest BCUT2D eigenvalue weighted by molar-refractivity contribution is 9.12. The molecule has 0 unspecified atom stereocenters. The van der Waals surface area contributed by atoms with Crippen molar-refractivity contribution in [1.82, 2.24) is 0 Å². The highest BCUT2D eigenvalue weighted by atomic mass is 79.9. The van der Waals surface area contributed by atoms with E-state index in [0.717, 1.165) is 6.08 Å². The lowest BCUT2D eigenvalue weighted by Gasteiger charge is -1.65. The van der Waals surface area contributed by atoms with Gasteiger partial charge in [-0.1, -0.05) is 6.58 Å². The first-order valence-electron chi connectivity index (χ1n) is 1.59. The number of rotatable bonds is 1. The largest absolute Gasteiger partial charge is 0.280 e. The van der Waals surface area contributed by atoms with Gasteiger partial charge in [0.25, 0.3) is 0 Å². The predicted molar refractivity (Wildman–Crippen MR) is 31.9 cm³/mol. The molecule has 0 spiro atoms. The molecular formula is C5H3BrO. The van der Waals surface area contributed by atoms with E-state index < -0.39 is 0 Å². The molecule has 7 heavy (non-hydrogen) atoms. The first-order chi connectivity index (χ1) is 3.31. The van der Waals surface area contributed by atoms with Gasteiger partial charge in [0.2, 0.25) is 5.78 Å². The van der Waals surface area contributed by atoms with Crippen molar-refractivity contribution in [3.8, 4) is 10.8 Å². The van der Waals surface area contributed by atoms with Crippen molar-refractivity contribution in [2.45, 2.75) is 0 Å². The molecule has 0 saturated carbocycles. The lowest BCUT2D eigenvalue weighted by atomic mass is 10.4. The van der Waals surface area contributed by atoms with Crippen LogP contribution in [0, 0.1) is 10.8 Å². The smallest absolute Gasteiger partial charge is 0.228 e. The summed E-state index contributed by atoms with van der Waals surface area (Å²) < 4.78 is 0. The zero-order chi connectivity index (χ0) is 5.70. The SMILES string of the molecule is C=CC(=O)C#CBr. The molecule has 0 atom stereocenters. The van der Waals surface area contributed by atoms with Gasteiger partial charge in [-0.2, -0.15) is 0 Å². The molecule has 0 radical (unpaired) electrons. The van der Waals surface area contributed by atoms with E-state index in [1.54, 1.807) is 0 Å². The Morgan fingerprint density at radius 1 is 1.86 bits per heavy atom. The number of ketones is 1. The number of carbonyl (C=O) groups is 1. The van der Waals surface area contributed by atoms with Crippen molar-refractivity contribution < 1.29 is 4.79 Å². The maximum absolute atomic E-state index is 10.1. The van der Waals surface area contributed by atoms with Gasteiger partial charge in [0.15, 0.2) is 0 Å². The normalized spacial score (nSPS) is 5.86. The Labute approximate surface area is 50.5 Å². The average Bonchev–Trinajstić information content (AvgIpc) is 1.68. The van der Waals surface area contributed by atoms with Crippen molar-refractivity contribution in [3.63, 3.8) is 0 Å². The molecule has 36 valence electrons. The fourth-order valence-corrected chi connectivity index (χ4v) is 0.293. The van der Waals surface area contributed by atoms with E-state index in [0.29, 0.717) is 0 Å². The first-order valence-corrected chi connectivity index (χ1v) is 2.38. The highest BCUT2D eigenvalue weighted by Gasteiger charge is 1.78. The number of halogens is 1. The molecule has 0 bridgehead atoms. The van der Waals surface area contributed by atoms with Crippen LogP contribution in [0.4, 0.5) is 0 Å². The topological polar surface area (TPSA) is 17.1 Å². The van der Waals surface area contributed by atoms with Gasteiger partial charge < -0.3 is 0 Å². The zero-order valence-corrected chi connectivity index (χ0v) is 5.16. The zero-order valence-electron chi connectivity index (χ0n) is 3.57. The second-order valence-electron chi connectivity index (χ2n) is 0.788. The second-order valence-corrected chi connectivity index (χ2v) is 1.18. The molecule has 1 nitrogen and oxygen atoms in total. The van der Waals surface area contributed by atoms with Gasteiger partial charge in [-0.05, 0) is 16.8 Å². The third-order valence-electron chi connectivity index (χ3n) is 0.356. The van der Waals surface area contributed by atoms with Crippen LogP contribution in [0.15, 0.2) is 12.7 Å². The molecular weight excluding hydrogens is 156 g/mol. The number of carbonyl (C=O) groups excluding carboxylic acids is 1. The monoisotopic (exact) mass is 158 g/mol. The standard InChI is InChI=1S/C5H3BrO/c1-2-5(7)3-4-6/h2H,1H2. The number of hydrogen-bond donors (Lipinski definition) is 0. The molecule has 0 aliphatic heterocycles. The second kappa shape index (κ2) is 3.63. The Balaban J connectivity index is 3.74. The molecule has 0 aliphatic rings. The summed E-state index contributed by atoms with van der Waals surface area (Å²) in [4.78, 5) is 12.4. The maximum Gasteiger partial charge on any atom is 0.228 e. The summed E-state index contributed by atoms with van der Waals surface area (Å²) >= 11 is 2.76. The van der Waals surface area contributed by atoms with Crippen LogP contribution in [0.1, 0.15) is 0 Å². The van der Waals surface area contributed by atoms with Gasteiger partial charge in [0.1, 0.15) is 0 Å². The van der Waals surface area contributed by atoms with Crippen LogP contribution in [0.25, 0.3) is 0 Å². The summed E-state index contributed by atoms with van der Waals surface area (Å²) in [6.07, 6.45) is 1.16. The quantitative estimate of drug-likeness (QED) is 0.413. The molecule has 0 aliphatic carbocycles. The van der Waals surface area contributed by atoms with E-state index >= 15 is 0 Å². The van der Waals surface area contributed by atoms with Crippen molar-refractivity contribution in [1.29, 1.82) is 0 Å². The van der Waals surface area contributed by atoms with E-state index in [2.05, 4.69) is 33.3 Å². The molecule has 0 saturated heterocycles. The Morgan fingerprint density at radius 3 is 2.57 bits per heavy atom. The Kier molecular flexibility index (Phi) is 3.35. The maximum atomic E-state index is 10.1. The first kappa shape index (κ1) is 6.45. The van der Waals surface area contributed by atoms with Crippen LogP contribution in [0.5, 0.6) is 0 Å². The van der Waals surface area contributed by atoms with Crippen molar-refractivity contribution in [2.75, 3.05) is 0 Å². The molecule has 0 rings (SSSR count). The fourth-order valence-electron chi connectivity index (χ4n) is 0.0976. The Morgan fingerprint density at radius 2 is 2.43 bits per heavy atom. The summed E-state index contributed by atoms with van der Waals surface area (Å²) in [5.41, 5.74) is 0. The van der Waals surface area contributed by atoms with E-state index in [-0.39, 0.29) is 5.78 Å². The lowest BCUT2D eigenvalue weighted by molar-refractivity contribution is -0.109. The van der Waals surface area contributed by atoms with Crippen LogP contribution in [0.3, 0.4) is 0 Å². The van der Waals surface area contributed by atoms with E-state index in [4.69, 9.17) is 0 Å². The summed E-state index contributed by atoms with van der Waals surface area (Å²) in [6.45, 7) is 3.21. The average molecular weight is 159 g/mol. The highest BCUT2D eigenvalue weighted by Crippen LogP contribution is 1.71. The molecule has 0 aromatic carbocycles. The molecule has 2 heteroatoms. The predicted octanol–water partition coefficient (Wildman–Crippen LogP) is 1.10. The van der Waals surface area contributed by atoms with Crippen LogP contribution in [-0.2, 0) is 4.79 Å². The molecule has 0 aromatic heterocycles. The third kappa shape index (κ3) is 3.28. The van der Waals surface area contributed by atoms with Crippen molar-refractivity contribution in [2.24, 2.45) is 0 Å². The van der Waals surface area contributed by atoms with Gasteiger partial charge in [0.05, 0.1) is 0 Å². The fraction of sp³-hybridized carbons (Fsp3) is 0. The summed E-state index contributed by atoms with van der Waals surface area (Å²) in [5, 5.41) is 0. The van der Waals surface area contributed by atoms with Crippen LogP contribution < -0.4 is 0 Å². The third-order valence-corrected chi connectivity index (χ3v) is 0.554. The minimum Gasteiger partial charge on any atom is -0.280 e.